The van der Waals surface area contributed by atoms with Gasteiger partial charge in [0.05, 0.1) is 30.2 Å². The lowest BCUT2D eigenvalue weighted by molar-refractivity contribution is 0.0801. The van der Waals surface area contributed by atoms with Crippen molar-refractivity contribution < 1.29 is 17.9 Å². The van der Waals surface area contributed by atoms with Crippen molar-refractivity contribution in [2.75, 3.05) is 42.8 Å². The molecule has 188 valence electrons. The van der Waals surface area contributed by atoms with Crippen molar-refractivity contribution in [3.05, 3.63) is 30.0 Å². The van der Waals surface area contributed by atoms with E-state index in [4.69, 9.17) is 14.5 Å². The third-order valence-corrected chi connectivity index (χ3v) is 10.4. The second-order valence-corrected chi connectivity index (χ2v) is 18.6. The molecule has 2 aromatic rings. The molecule has 0 aromatic carbocycles. The van der Waals surface area contributed by atoms with Crippen LogP contribution in [0.25, 0.3) is 0 Å². The van der Waals surface area contributed by atoms with Gasteiger partial charge in [0.15, 0.2) is 9.84 Å². The van der Waals surface area contributed by atoms with Crippen molar-refractivity contribution in [3.63, 3.8) is 0 Å². The number of morpholine rings is 1. The largest absolute Gasteiger partial charge is 0.377 e. The molecule has 1 saturated carbocycles. The number of sulfone groups is 1. The van der Waals surface area contributed by atoms with Crippen LogP contribution in [0.2, 0.25) is 25.7 Å². The van der Waals surface area contributed by atoms with Gasteiger partial charge in [-0.15, -0.1) is 0 Å². The van der Waals surface area contributed by atoms with Gasteiger partial charge in [-0.1, -0.05) is 19.6 Å². The number of pyridine rings is 1. The standard InChI is InChI=1S/C23H37N5O4SSi/c1-18-16-31-11-10-27(18)22-15-19(23(7-8-23)33(2,29)30)14-20(26-22)25-21-6-9-24-28(21)17-32-12-13-34(3,4)5/h6,9,14-15,18H,7-8,10-13,16-17H2,1-5H3,(H,25,26). The molecule has 3 heterocycles. The summed E-state index contributed by atoms with van der Waals surface area (Å²) >= 11 is 0. The van der Waals surface area contributed by atoms with E-state index < -0.39 is 22.7 Å². The fourth-order valence-corrected chi connectivity index (χ4v) is 6.39. The number of nitrogens with zero attached hydrogens (tertiary/aromatic N) is 4. The summed E-state index contributed by atoms with van der Waals surface area (Å²) in [5, 5.41) is 7.74. The zero-order chi connectivity index (χ0) is 24.6. The van der Waals surface area contributed by atoms with Crippen LogP contribution < -0.4 is 10.2 Å². The highest BCUT2D eigenvalue weighted by molar-refractivity contribution is 7.92. The minimum absolute atomic E-state index is 0.156. The van der Waals surface area contributed by atoms with E-state index in [2.05, 4.69) is 41.9 Å². The lowest BCUT2D eigenvalue weighted by atomic mass is 10.1. The maximum absolute atomic E-state index is 12.7. The van der Waals surface area contributed by atoms with Gasteiger partial charge in [-0.05, 0) is 43.5 Å². The van der Waals surface area contributed by atoms with E-state index in [-0.39, 0.29) is 6.04 Å². The second kappa shape index (κ2) is 9.60. The summed E-state index contributed by atoms with van der Waals surface area (Å²) in [6.45, 7) is 12.1. The van der Waals surface area contributed by atoms with Crippen molar-refractivity contribution in [1.29, 1.82) is 0 Å². The Labute approximate surface area is 203 Å². The van der Waals surface area contributed by atoms with E-state index in [1.807, 2.05) is 18.2 Å². The van der Waals surface area contributed by atoms with Crippen molar-refractivity contribution in [2.45, 2.75) is 63.0 Å². The summed E-state index contributed by atoms with van der Waals surface area (Å²) < 4.78 is 37.7. The highest BCUT2D eigenvalue weighted by atomic mass is 32.2. The Morgan fingerprint density at radius 2 is 2.06 bits per heavy atom. The lowest BCUT2D eigenvalue weighted by Crippen LogP contribution is -2.44. The molecule has 0 radical (unpaired) electrons. The number of aromatic nitrogens is 3. The van der Waals surface area contributed by atoms with E-state index in [1.54, 1.807) is 10.9 Å². The SMILES string of the molecule is CC1COCCN1c1cc(C2(S(C)(=O)=O)CC2)cc(Nc2ccnn2COCC[Si](C)(C)C)n1. The summed E-state index contributed by atoms with van der Waals surface area (Å²) in [5.41, 5.74) is 0.790. The first-order valence-corrected chi connectivity index (χ1v) is 17.5. The molecule has 1 N–H and O–H groups in total. The van der Waals surface area contributed by atoms with Crippen LogP contribution in [0.5, 0.6) is 0 Å². The zero-order valence-electron chi connectivity index (χ0n) is 20.9. The molecule has 1 unspecified atom stereocenters. The van der Waals surface area contributed by atoms with Crippen LogP contribution in [-0.2, 0) is 30.8 Å². The van der Waals surface area contributed by atoms with E-state index in [0.29, 0.717) is 51.8 Å². The minimum Gasteiger partial charge on any atom is -0.377 e. The monoisotopic (exact) mass is 507 g/mol. The van der Waals surface area contributed by atoms with Gasteiger partial charge in [0.2, 0.25) is 0 Å². The van der Waals surface area contributed by atoms with Gasteiger partial charge in [0, 0.05) is 33.5 Å². The molecule has 0 amide bonds. The summed E-state index contributed by atoms with van der Waals surface area (Å²) in [5.74, 6) is 2.12. The van der Waals surface area contributed by atoms with Crippen molar-refractivity contribution in [2.24, 2.45) is 0 Å². The summed E-state index contributed by atoms with van der Waals surface area (Å²) in [6, 6.07) is 6.93. The number of hydrogen-bond acceptors (Lipinski definition) is 8. The molecular formula is C23H37N5O4SSi. The first kappa shape index (κ1) is 25.1. The number of anilines is 3. The van der Waals surface area contributed by atoms with Crippen molar-refractivity contribution in [3.8, 4) is 0 Å². The van der Waals surface area contributed by atoms with Crippen LogP contribution in [0.15, 0.2) is 24.4 Å². The van der Waals surface area contributed by atoms with Gasteiger partial charge in [-0.25, -0.2) is 18.1 Å². The molecule has 34 heavy (non-hydrogen) atoms. The molecule has 0 bridgehead atoms. The molecule has 2 aliphatic rings. The minimum atomic E-state index is -3.25. The second-order valence-electron chi connectivity index (χ2n) is 10.7. The van der Waals surface area contributed by atoms with E-state index in [0.717, 1.165) is 23.2 Å². The normalized spacial score (nSPS) is 20.4. The number of rotatable bonds is 10. The Kier molecular flexibility index (Phi) is 7.10. The van der Waals surface area contributed by atoms with Crippen molar-refractivity contribution >= 4 is 35.4 Å². The Bertz CT molecular complexity index is 1110. The van der Waals surface area contributed by atoms with Crippen LogP contribution in [0, 0.1) is 0 Å². The molecule has 1 saturated heterocycles. The zero-order valence-corrected chi connectivity index (χ0v) is 22.7. The number of hydrogen-bond donors (Lipinski definition) is 1. The maximum atomic E-state index is 12.7. The van der Waals surface area contributed by atoms with Crippen LogP contribution >= 0.6 is 0 Å². The first-order valence-electron chi connectivity index (χ1n) is 11.9. The summed E-state index contributed by atoms with van der Waals surface area (Å²) in [7, 11) is -4.41. The first-order chi connectivity index (χ1) is 16.0. The molecule has 1 aliphatic carbocycles. The van der Waals surface area contributed by atoms with Gasteiger partial charge in [0.1, 0.15) is 24.2 Å². The molecule has 2 fully saturated rings. The molecule has 0 spiro atoms. The topological polar surface area (TPSA) is 98.6 Å². The predicted molar refractivity (Wildman–Crippen MR) is 137 cm³/mol. The summed E-state index contributed by atoms with van der Waals surface area (Å²) in [4.78, 5) is 7.05. The average Bonchev–Trinajstić information content (AvgIpc) is 3.47. The average molecular weight is 508 g/mol. The third-order valence-electron chi connectivity index (χ3n) is 6.60. The van der Waals surface area contributed by atoms with Gasteiger partial charge < -0.3 is 19.7 Å². The molecule has 4 rings (SSSR count). The quantitative estimate of drug-likeness (QED) is 0.385. The van der Waals surface area contributed by atoms with E-state index in [1.165, 1.54) is 6.26 Å². The molecular weight excluding hydrogens is 470 g/mol. The van der Waals surface area contributed by atoms with Gasteiger partial charge in [-0.3, -0.25) is 0 Å². The predicted octanol–water partition coefficient (Wildman–Crippen LogP) is 3.59. The van der Waals surface area contributed by atoms with E-state index in [9.17, 15) is 8.42 Å². The Morgan fingerprint density at radius 1 is 1.29 bits per heavy atom. The van der Waals surface area contributed by atoms with Crippen LogP contribution in [0.3, 0.4) is 0 Å². The smallest absolute Gasteiger partial charge is 0.157 e. The fraction of sp³-hybridized carbons (Fsp3) is 0.652. The highest BCUT2D eigenvalue weighted by Crippen LogP contribution is 2.53. The van der Waals surface area contributed by atoms with Crippen LogP contribution in [0.4, 0.5) is 17.5 Å². The molecule has 1 aliphatic heterocycles. The van der Waals surface area contributed by atoms with E-state index >= 15 is 0 Å². The van der Waals surface area contributed by atoms with Gasteiger partial charge in [0.25, 0.3) is 0 Å². The number of nitrogens with one attached hydrogen (secondary N) is 1. The molecule has 2 aromatic heterocycles. The summed E-state index contributed by atoms with van der Waals surface area (Å²) in [6.07, 6.45) is 4.32. The Balaban J connectivity index is 1.59. The van der Waals surface area contributed by atoms with Crippen molar-refractivity contribution in [1.82, 2.24) is 14.8 Å². The lowest BCUT2D eigenvalue weighted by Gasteiger charge is -2.35. The molecule has 11 heteroatoms. The van der Waals surface area contributed by atoms with Gasteiger partial charge in [-0.2, -0.15) is 5.10 Å². The Morgan fingerprint density at radius 3 is 2.71 bits per heavy atom. The van der Waals surface area contributed by atoms with Gasteiger partial charge >= 0.3 is 0 Å². The number of ether oxygens (including phenoxy) is 2. The highest BCUT2D eigenvalue weighted by Gasteiger charge is 2.54. The third kappa shape index (κ3) is 5.64. The Hall–Kier alpha value is -1.95. The fourth-order valence-electron chi connectivity index (χ4n) is 4.25. The molecule has 1 atom stereocenters. The maximum Gasteiger partial charge on any atom is 0.157 e. The van der Waals surface area contributed by atoms with Crippen LogP contribution in [0.1, 0.15) is 25.3 Å². The molecule has 9 nitrogen and oxygen atoms in total. The van der Waals surface area contributed by atoms with Crippen LogP contribution in [-0.4, -0.2) is 69.9 Å².